The molecule has 0 aromatic heterocycles. The van der Waals surface area contributed by atoms with Crippen molar-refractivity contribution in [2.45, 2.75) is 77.9 Å². The second-order valence-corrected chi connectivity index (χ2v) is 8.71. The summed E-state index contributed by atoms with van der Waals surface area (Å²) in [6, 6.07) is 0. The van der Waals surface area contributed by atoms with Crippen molar-refractivity contribution < 1.29 is 4.74 Å². The number of hydrogen-bond acceptors (Lipinski definition) is 3. The molecule has 3 fully saturated rings. The van der Waals surface area contributed by atoms with Crippen LogP contribution in [0.25, 0.3) is 0 Å². The van der Waals surface area contributed by atoms with Crippen LogP contribution in [0.4, 0.5) is 0 Å². The molecule has 3 nitrogen and oxygen atoms in total. The third-order valence-corrected chi connectivity index (χ3v) is 6.79. The Hall–Kier alpha value is -0.120. The first kappa shape index (κ1) is 17.7. The second-order valence-electron chi connectivity index (χ2n) is 8.71. The number of likely N-dealkylation sites (tertiary alicyclic amines) is 2. The fraction of sp³-hybridized carbons (Fsp3) is 1.00. The molecule has 2 aliphatic heterocycles. The van der Waals surface area contributed by atoms with Crippen molar-refractivity contribution in [3.63, 3.8) is 0 Å². The SMILES string of the molecule is CCN1CCC2(CC1)CCN(CCC1CC(OC(C)C)C1)CC2. The molecule has 1 spiro atoms. The Morgan fingerprint density at radius 1 is 0.957 bits per heavy atom. The van der Waals surface area contributed by atoms with Crippen LogP contribution in [0.15, 0.2) is 0 Å². The van der Waals surface area contributed by atoms with Crippen LogP contribution in [0.2, 0.25) is 0 Å². The molecule has 0 unspecified atom stereocenters. The lowest BCUT2D eigenvalue weighted by molar-refractivity contribution is -0.0657. The maximum atomic E-state index is 5.88. The Bertz CT molecular complexity index is 347. The topological polar surface area (TPSA) is 15.7 Å². The fourth-order valence-corrected chi connectivity index (χ4v) is 4.87. The van der Waals surface area contributed by atoms with Gasteiger partial charge in [0.05, 0.1) is 12.2 Å². The van der Waals surface area contributed by atoms with Crippen LogP contribution in [0.3, 0.4) is 0 Å². The van der Waals surface area contributed by atoms with Crippen LogP contribution in [0, 0.1) is 11.3 Å². The first-order valence-electron chi connectivity index (χ1n) is 10.2. The molecule has 3 heteroatoms. The minimum absolute atomic E-state index is 0.401. The van der Waals surface area contributed by atoms with E-state index in [1.807, 2.05) is 0 Å². The third kappa shape index (κ3) is 4.70. The highest BCUT2D eigenvalue weighted by Crippen LogP contribution is 2.41. The molecule has 0 radical (unpaired) electrons. The monoisotopic (exact) mass is 322 g/mol. The molecule has 1 saturated carbocycles. The van der Waals surface area contributed by atoms with Gasteiger partial charge >= 0.3 is 0 Å². The number of piperidine rings is 2. The largest absolute Gasteiger partial charge is 0.376 e. The van der Waals surface area contributed by atoms with Gasteiger partial charge in [-0.1, -0.05) is 6.92 Å². The Balaban J connectivity index is 1.30. The minimum Gasteiger partial charge on any atom is -0.376 e. The van der Waals surface area contributed by atoms with Gasteiger partial charge in [0, 0.05) is 0 Å². The molecule has 2 heterocycles. The van der Waals surface area contributed by atoms with Crippen molar-refractivity contribution in [3.8, 4) is 0 Å². The normalized spacial score (nSPS) is 32.3. The van der Waals surface area contributed by atoms with Gasteiger partial charge < -0.3 is 14.5 Å². The highest BCUT2D eigenvalue weighted by Gasteiger charge is 2.37. The van der Waals surface area contributed by atoms with Crippen molar-refractivity contribution in [1.82, 2.24) is 9.80 Å². The highest BCUT2D eigenvalue weighted by molar-refractivity contribution is 4.91. The number of ether oxygens (including phenoxy) is 1. The van der Waals surface area contributed by atoms with Gasteiger partial charge in [-0.2, -0.15) is 0 Å². The van der Waals surface area contributed by atoms with Gasteiger partial charge in [-0.25, -0.2) is 0 Å². The Labute approximate surface area is 143 Å². The van der Waals surface area contributed by atoms with Gasteiger partial charge in [0.25, 0.3) is 0 Å². The van der Waals surface area contributed by atoms with E-state index in [2.05, 4.69) is 30.6 Å². The van der Waals surface area contributed by atoms with Crippen LogP contribution in [0.1, 0.15) is 65.7 Å². The number of rotatable bonds is 6. The standard InChI is InChI=1S/C20H38N2O/c1-4-21-11-6-20(7-12-21)8-13-22(14-9-20)10-5-18-15-19(16-18)23-17(2)3/h17-19H,4-16H2,1-3H3. The van der Waals surface area contributed by atoms with E-state index in [1.165, 1.54) is 84.2 Å². The van der Waals surface area contributed by atoms with E-state index < -0.39 is 0 Å². The molecule has 0 aromatic carbocycles. The van der Waals surface area contributed by atoms with Gasteiger partial charge in [0.2, 0.25) is 0 Å². The first-order chi connectivity index (χ1) is 11.1. The average Bonchev–Trinajstić information content (AvgIpc) is 2.52. The smallest absolute Gasteiger partial charge is 0.0584 e. The van der Waals surface area contributed by atoms with Crippen LogP contribution in [-0.4, -0.2) is 61.3 Å². The van der Waals surface area contributed by atoms with Crippen LogP contribution >= 0.6 is 0 Å². The van der Waals surface area contributed by atoms with E-state index in [1.54, 1.807) is 0 Å². The summed E-state index contributed by atoms with van der Waals surface area (Å²) in [7, 11) is 0. The van der Waals surface area contributed by atoms with Crippen molar-refractivity contribution in [3.05, 3.63) is 0 Å². The van der Waals surface area contributed by atoms with E-state index in [9.17, 15) is 0 Å². The molecule has 134 valence electrons. The predicted molar refractivity (Wildman–Crippen MR) is 96.8 cm³/mol. The van der Waals surface area contributed by atoms with Crippen molar-refractivity contribution >= 4 is 0 Å². The summed E-state index contributed by atoms with van der Waals surface area (Å²) < 4.78 is 5.88. The van der Waals surface area contributed by atoms with E-state index in [0.717, 1.165) is 5.92 Å². The summed E-state index contributed by atoms with van der Waals surface area (Å²) in [5, 5.41) is 0. The molecule has 0 amide bonds. The highest BCUT2D eigenvalue weighted by atomic mass is 16.5. The summed E-state index contributed by atoms with van der Waals surface area (Å²) in [4.78, 5) is 5.37. The van der Waals surface area contributed by atoms with Crippen molar-refractivity contribution in [2.75, 3.05) is 39.3 Å². The quantitative estimate of drug-likeness (QED) is 0.740. The number of nitrogens with zero attached hydrogens (tertiary/aromatic N) is 2. The van der Waals surface area contributed by atoms with Gasteiger partial charge in [-0.05, 0) is 109 Å². The molecule has 0 N–H and O–H groups in total. The molecule has 2 saturated heterocycles. The van der Waals surface area contributed by atoms with Crippen LogP contribution in [0.5, 0.6) is 0 Å². The fourth-order valence-electron chi connectivity index (χ4n) is 4.87. The summed E-state index contributed by atoms with van der Waals surface area (Å²) >= 11 is 0. The first-order valence-corrected chi connectivity index (χ1v) is 10.2. The lowest BCUT2D eigenvalue weighted by Gasteiger charge is -2.47. The second kappa shape index (κ2) is 7.84. The Morgan fingerprint density at radius 2 is 1.52 bits per heavy atom. The summed E-state index contributed by atoms with van der Waals surface area (Å²) in [5.41, 5.74) is 0.703. The van der Waals surface area contributed by atoms with E-state index in [0.29, 0.717) is 17.6 Å². The van der Waals surface area contributed by atoms with Gasteiger partial charge in [0.15, 0.2) is 0 Å². The molecule has 0 aromatic rings. The molecular formula is C20H38N2O. The third-order valence-electron chi connectivity index (χ3n) is 6.79. The van der Waals surface area contributed by atoms with Gasteiger partial charge in [0.1, 0.15) is 0 Å². The van der Waals surface area contributed by atoms with Crippen molar-refractivity contribution in [1.29, 1.82) is 0 Å². The molecule has 3 aliphatic rings. The van der Waals surface area contributed by atoms with Crippen LogP contribution < -0.4 is 0 Å². The Kier molecular flexibility index (Phi) is 6.03. The molecule has 0 bridgehead atoms. The van der Waals surface area contributed by atoms with E-state index >= 15 is 0 Å². The zero-order valence-electron chi connectivity index (χ0n) is 15.7. The molecule has 3 rings (SSSR count). The van der Waals surface area contributed by atoms with E-state index in [-0.39, 0.29) is 0 Å². The lowest BCUT2D eigenvalue weighted by Crippen LogP contribution is -2.47. The zero-order valence-corrected chi connectivity index (χ0v) is 15.7. The number of hydrogen-bond donors (Lipinski definition) is 0. The predicted octanol–water partition coefficient (Wildman–Crippen LogP) is 3.78. The van der Waals surface area contributed by atoms with E-state index in [4.69, 9.17) is 4.74 Å². The average molecular weight is 323 g/mol. The molecule has 0 atom stereocenters. The van der Waals surface area contributed by atoms with Crippen molar-refractivity contribution in [2.24, 2.45) is 11.3 Å². The van der Waals surface area contributed by atoms with Gasteiger partial charge in [-0.15, -0.1) is 0 Å². The molecule has 23 heavy (non-hydrogen) atoms. The summed E-state index contributed by atoms with van der Waals surface area (Å²) in [6.07, 6.45) is 10.8. The minimum atomic E-state index is 0.401. The maximum absolute atomic E-state index is 5.88. The van der Waals surface area contributed by atoms with Gasteiger partial charge in [-0.3, -0.25) is 0 Å². The summed E-state index contributed by atoms with van der Waals surface area (Å²) in [6.45, 7) is 14.6. The Morgan fingerprint density at radius 3 is 2.04 bits per heavy atom. The summed E-state index contributed by atoms with van der Waals surface area (Å²) in [5.74, 6) is 0.933. The lowest BCUT2D eigenvalue weighted by atomic mass is 9.71. The molecular weight excluding hydrogens is 284 g/mol. The maximum Gasteiger partial charge on any atom is 0.0584 e. The zero-order chi connectivity index (χ0) is 16.3. The molecule has 1 aliphatic carbocycles. The van der Waals surface area contributed by atoms with Crippen LogP contribution in [-0.2, 0) is 4.74 Å².